The molecule has 0 amide bonds. The van der Waals surface area contributed by atoms with Crippen LogP contribution in [0, 0.1) is 22.7 Å². The summed E-state index contributed by atoms with van der Waals surface area (Å²) in [4.78, 5) is 10.7. The molecule has 0 aromatic rings. The second kappa shape index (κ2) is 16.0. The first-order valence-electron chi connectivity index (χ1n) is 15.4. The van der Waals surface area contributed by atoms with Gasteiger partial charge in [0.25, 0.3) is 0 Å². The maximum Gasteiger partial charge on any atom is 0.107 e. The molecule has 4 rings (SSSR count). The van der Waals surface area contributed by atoms with Crippen molar-refractivity contribution in [1.82, 2.24) is 9.80 Å². The van der Waals surface area contributed by atoms with Gasteiger partial charge >= 0.3 is 0 Å². The number of fused-ring (bicyclic) bond motifs is 2. The molecule has 0 aromatic carbocycles. The van der Waals surface area contributed by atoms with E-state index in [4.69, 9.17) is 48.9 Å². The van der Waals surface area contributed by atoms with Crippen LogP contribution in [-0.2, 0) is 21.6 Å². The average Bonchev–Trinajstić information content (AvgIpc) is 3.58. The molecule has 0 bridgehead atoms. The van der Waals surface area contributed by atoms with Gasteiger partial charge in [-0.25, -0.2) is 0 Å². The number of thiocarbonyl (C=S) groups is 4. The van der Waals surface area contributed by atoms with Crippen LogP contribution in [0.4, 0.5) is 0 Å². The SMILES string of the molecule is CC(C)(CCCS(=O)CCCS(=O)CCCC(C)(C)CN1C(=S)C=C2SCCC2C1=S)CN1C(=S)C=C2SCCC2C1=S. The minimum Gasteiger partial charge on any atom is -0.326 e. The van der Waals surface area contributed by atoms with Crippen LogP contribution >= 0.6 is 72.4 Å². The summed E-state index contributed by atoms with van der Waals surface area (Å²) in [5.74, 6) is 5.61. The van der Waals surface area contributed by atoms with Gasteiger partial charge in [-0.3, -0.25) is 8.42 Å². The third-order valence-corrected chi connectivity index (χ3v) is 15.6. The van der Waals surface area contributed by atoms with Crippen LogP contribution in [0.25, 0.3) is 0 Å². The topological polar surface area (TPSA) is 40.6 Å². The predicted molar refractivity (Wildman–Crippen MR) is 207 cm³/mol. The van der Waals surface area contributed by atoms with E-state index < -0.39 is 21.6 Å². The molecule has 4 aliphatic heterocycles. The predicted octanol–water partition coefficient (Wildman–Crippen LogP) is 7.70. The fraction of sp³-hybridized carbons (Fsp3) is 0.742. The fourth-order valence-electron chi connectivity index (χ4n) is 6.18. The smallest absolute Gasteiger partial charge is 0.107 e. The van der Waals surface area contributed by atoms with Crippen LogP contribution in [0.5, 0.6) is 0 Å². The van der Waals surface area contributed by atoms with E-state index in [-0.39, 0.29) is 10.8 Å². The van der Waals surface area contributed by atoms with E-state index in [0.717, 1.165) is 89.5 Å². The normalized spacial score (nSPS) is 24.2. The van der Waals surface area contributed by atoms with Gasteiger partial charge in [0.2, 0.25) is 0 Å². The second-order valence-corrected chi connectivity index (χ2v) is 21.0. The lowest BCUT2D eigenvalue weighted by atomic mass is 9.86. The van der Waals surface area contributed by atoms with Crippen molar-refractivity contribution in [3.63, 3.8) is 0 Å². The molecular weight excluding hydrogens is 689 g/mol. The molecule has 240 valence electrons. The molecular formula is C31H46N2O2S8. The maximum absolute atomic E-state index is 12.7. The summed E-state index contributed by atoms with van der Waals surface area (Å²) in [6.07, 6.45) is 11.0. The highest BCUT2D eigenvalue weighted by Crippen LogP contribution is 2.42. The van der Waals surface area contributed by atoms with Crippen molar-refractivity contribution in [3.8, 4) is 0 Å². The van der Waals surface area contributed by atoms with Crippen molar-refractivity contribution in [1.29, 1.82) is 0 Å². The summed E-state index contributed by atoms with van der Waals surface area (Å²) in [6.45, 7) is 10.6. The Labute approximate surface area is 294 Å². The Morgan fingerprint density at radius 3 is 1.47 bits per heavy atom. The molecule has 43 heavy (non-hydrogen) atoms. The van der Waals surface area contributed by atoms with Gasteiger partial charge in [-0.2, -0.15) is 0 Å². The van der Waals surface area contributed by atoms with E-state index >= 15 is 0 Å². The summed E-state index contributed by atoms with van der Waals surface area (Å²) in [5, 5.41) is 0. The highest BCUT2D eigenvalue weighted by Gasteiger charge is 2.37. The lowest BCUT2D eigenvalue weighted by Gasteiger charge is -2.38. The summed E-state index contributed by atoms with van der Waals surface area (Å²) in [5.41, 5.74) is 0.0629. The molecule has 0 saturated carbocycles. The summed E-state index contributed by atoms with van der Waals surface area (Å²) < 4.78 is 25.4. The lowest BCUT2D eigenvalue weighted by molar-refractivity contribution is 0.281. The Morgan fingerprint density at radius 1 is 0.698 bits per heavy atom. The van der Waals surface area contributed by atoms with Crippen molar-refractivity contribution in [2.75, 3.05) is 47.6 Å². The van der Waals surface area contributed by atoms with Gasteiger partial charge in [-0.05, 0) is 89.2 Å². The molecule has 0 radical (unpaired) electrons. The van der Waals surface area contributed by atoms with Crippen molar-refractivity contribution < 1.29 is 8.42 Å². The molecule has 4 nitrogen and oxygen atoms in total. The molecule has 0 aliphatic carbocycles. The van der Waals surface area contributed by atoms with Crippen LogP contribution in [-0.4, -0.2) is 85.8 Å². The van der Waals surface area contributed by atoms with Gasteiger partial charge in [0.05, 0.1) is 9.98 Å². The van der Waals surface area contributed by atoms with Gasteiger partial charge in [-0.1, -0.05) is 76.6 Å². The molecule has 4 aliphatic rings. The van der Waals surface area contributed by atoms with E-state index in [1.807, 2.05) is 23.5 Å². The first-order valence-corrected chi connectivity index (χ1v) is 21.9. The minimum atomic E-state index is -0.877. The van der Waals surface area contributed by atoms with Crippen molar-refractivity contribution >= 4 is 114 Å². The first-order chi connectivity index (χ1) is 20.3. The Bertz CT molecular complexity index is 1130. The summed E-state index contributed by atoms with van der Waals surface area (Å²) >= 11 is 26.8. The van der Waals surface area contributed by atoms with Crippen molar-refractivity contribution in [3.05, 3.63) is 22.0 Å². The van der Waals surface area contributed by atoms with Crippen LogP contribution < -0.4 is 0 Å². The maximum atomic E-state index is 12.7. The van der Waals surface area contributed by atoms with Crippen LogP contribution in [0.1, 0.15) is 72.6 Å². The Balaban J connectivity index is 1.08. The zero-order valence-corrected chi connectivity index (χ0v) is 32.4. The van der Waals surface area contributed by atoms with E-state index in [1.54, 1.807) is 0 Å². The van der Waals surface area contributed by atoms with E-state index in [9.17, 15) is 8.42 Å². The van der Waals surface area contributed by atoms with Crippen LogP contribution in [0.15, 0.2) is 22.0 Å². The number of nitrogens with zero attached hydrogens (tertiary/aromatic N) is 2. The standard InChI is InChI=1S/C31H46N2O2S8/c1-30(2,20-32-26(36)18-24-22(28(32)38)8-12-40-24)10-5-14-42(34)16-7-17-43(35)15-6-11-31(3,4)21-33-27(37)19-25-23(29(33)39)9-13-41-25/h18-19,22-23H,5-17,20-21H2,1-4H3. The Kier molecular flexibility index (Phi) is 13.5. The zero-order chi connectivity index (χ0) is 31.4. The third-order valence-electron chi connectivity index (χ3n) is 8.60. The first kappa shape index (κ1) is 36.3. The number of hydrogen-bond acceptors (Lipinski definition) is 8. The summed E-state index contributed by atoms with van der Waals surface area (Å²) in [6, 6.07) is 0. The third kappa shape index (κ3) is 10.2. The van der Waals surface area contributed by atoms with Gasteiger partial charge in [0.1, 0.15) is 9.98 Å². The highest BCUT2D eigenvalue weighted by atomic mass is 32.2. The molecule has 0 N–H and O–H groups in total. The van der Waals surface area contributed by atoms with Crippen LogP contribution in [0.3, 0.4) is 0 Å². The minimum absolute atomic E-state index is 0.0315. The lowest BCUT2D eigenvalue weighted by Crippen LogP contribution is -2.45. The van der Waals surface area contributed by atoms with Gasteiger partial charge in [0, 0.05) is 69.5 Å². The van der Waals surface area contributed by atoms with E-state index in [1.165, 1.54) is 9.81 Å². The number of hydrogen-bond donors (Lipinski definition) is 0. The average molecular weight is 735 g/mol. The largest absolute Gasteiger partial charge is 0.326 e. The molecule has 0 spiro atoms. The van der Waals surface area contributed by atoms with E-state index in [2.05, 4.69) is 49.6 Å². The second-order valence-electron chi connectivity index (χ2n) is 13.6. The molecule has 4 atom stereocenters. The van der Waals surface area contributed by atoms with Gasteiger partial charge in [0.15, 0.2) is 0 Å². The van der Waals surface area contributed by atoms with Crippen molar-refractivity contribution in [2.45, 2.75) is 72.6 Å². The van der Waals surface area contributed by atoms with Crippen LogP contribution in [0.2, 0.25) is 0 Å². The Hall–Kier alpha value is 0.440. The molecule has 0 aromatic heterocycles. The van der Waals surface area contributed by atoms with Gasteiger partial charge < -0.3 is 9.80 Å². The zero-order valence-electron chi connectivity index (χ0n) is 25.9. The molecule has 2 saturated heterocycles. The highest BCUT2D eigenvalue weighted by molar-refractivity contribution is 8.03. The van der Waals surface area contributed by atoms with Crippen molar-refractivity contribution in [2.24, 2.45) is 22.7 Å². The molecule has 2 fully saturated rings. The monoisotopic (exact) mass is 734 g/mol. The molecule has 12 heteroatoms. The number of rotatable bonds is 16. The fourth-order valence-corrected chi connectivity index (χ4v) is 12.9. The summed E-state index contributed by atoms with van der Waals surface area (Å²) in [7, 11) is -1.75. The quantitative estimate of drug-likeness (QED) is 0.148. The molecule has 4 unspecified atom stereocenters. The van der Waals surface area contributed by atoms with Gasteiger partial charge in [-0.15, -0.1) is 23.5 Å². The number of thioether (sulfide) groups is 2. The van der Waals surface area contributed by atoms with E-state index in [0.29, 0.717) is 34.8 Å². The Morgan fingerprint density at radius 2 is 1.07 bits per heavy atom. The molecule has 4 heterocycles.